The van der Waals surface area contributed by atoms with Gasteiger partial charge in [-0.05, 0) is 43.6 Å². The Bertz CT molecular complexity index is 1030. The Morgan fingerprint density at radius 2 is 1.90 bits per heavy atom. The van der Waals surface area contributed by atoms with Gasteiger partial charge in [0.15, 0.2) is 0 Å². The topological polar surface area (TPSA) is 90.6 Å². The van der Waals surface area contributed by atoms with Crippen LogP contribution in [0.5, 0.6) is 0 Å². The third-order valence-corrected chi connectivity index (χ3v) is 6.42. The van der Waals surface area contributed by atoms with Gasteiger partial charge < -0.3 is 9.64 Å². The minimum Gasteiger partial charge on any atom is -0.466 e. The van der Waals surface area contributed by atoms with Gasteiger partial charge in [-0.25, -0.2) is 4.79 Å². The largest absolute Gasteiger partial charge is 0.466 e. The first-order valence-electron chi connectivity index (χ1n) is 10.5. The molecule has 2 aromatic heterocycles. The highest BCUT2D eigenvalue weighted by atomic mass is 32.1. The van der Waals surface area contributed by atoms with Crippen LogP contribution in [0.25, 0.3) is 10.2 Å². The van der Waals surface area contributed by atoms with E-state index in [0.29, 0.717) is 61.6 Å². The van der Waals surface area contributed by atoms with E-state index in [1.165, 1.54) is 20.5 Å². The van der Waals surface area contributed by atoms with Crippen LogP contribution in [0.4, 0.5) is 0 Å². The highest BCUT2D eigenvalue weighted by Gasteiger charge is 2.29. The lowest BCUT2D eigenvalue weighted by atomic mass is 9.97. The van der Waals surface area contributed by atoms with Crippen LogP contribution >= 0.6 is 11.3 Å². The van der Waals surface area contributed by atoms with Crippen molar-refractivity contribution in [1.29, 1.82) is 0 Å². The van der Waals surface area contributed by atoms with Gasteiger partial charge in [0.25, 0.3) is 5.56 Å². The zero-order valence-corrected chi connectivity index (χ0v) is 18.6. The van der Waals surface area contributed by atoms with E-state index in [2.05, 4.69) is 0 Å². The zero-order valence-electron chi connectivity index (χ0n) is 17.8. The van der Waals surface area contributed by atoms with Crippen LogP contribution in [-0.4, -0.2) is 45.6 Å². The molecular weight excluding hydrogens is 406 g/mol. The summed E-state index contributed by atoms with van der Waals surface area (Å²) in [7, 11) is 0. The summed E-state index contributed by atoms with van der Waals surface area (Å²) in [6.45, 7) is 7.34. The van der Waals surface area contributed by atoms with E-state index in [0.717, 1.165) is 0 Å². The van der Waals surface area contributed by atoms with Gasteiger partial charge in [-0.3, -0.25) is 23.5 Å². The lowest BCUT2D eigenvalue weighted by Gasteiger charge is -2.31. The molecule has 0 unspecified atom stereocenters. The smallest absolute Gasteiger partial charge is 0.332 e. The third kappa shape index (κ3) is 4.66. The minimum absolute atomic E-state index is 0.113. The third-order valence-electron chi connectivity index (χ3n) is 5.53. The molecule has 1 amide bonds. The molecule has 3 rings (SSSR count). The van der Waals surface area contributed by atoms with Crippen molar-refractivity contribution in [3.8, 4) is 0 Å². The molecule has 0 bridgehead atoms. The Kier molecular flexibility index (Phi) is 7.12. The number of amides is 1. The number of carbonyl (C=O) groups is 2. The summed E-state index contributed by atoms with van der Waals surface area (Å²) in [6, 6.07) is 1.72. The molecule has 2 aromatic rings. The predicted octanol–water partition coefficient (Wildman–Crippen LogP) is 2.07. The van der Waals surface area contributed by atoms with E-state index < -0.39 is 5.69 Å². The van der Waals surface area contributed by atoms with E-state index >= 15 is 0 Å². The number of piperidine rings is 1. The molecule has 0 radical (unpaired) electrons. The molecule has 1 saturated heterocycles. The second-order valence-electron chi connectivity index (χ2n) is 8.05. The molecular formula is C21H29N3O5S. The average Bonchev–Trinajstić information content (AvgIpc) is 3.21. The number of hydrogen-bond acceptors (Lipinski definition) is 6. The molecule has 3 heterocycles. The van der Waals surface area contributed by atoms with E-state index in [1.807, 2.05) is 13.8 Å². The van der Waals surface area contributed by atoms with Gasteiger partial charge >= 0.3 is 11.7 Å². The van der Waals surface area contributed by atoms with Gasteiger partial charge in [0.2, 0.25) is 5.91 Å². The van der Waals surface area contributed by atoms with Crippen LogP contribution in [0.2, 0.25) is 0 Å². The molecule has 8 nitrogen and oxygen atoms in total. The maximum absolute atomic E-state index is 13.0. The van der Waals surface area contributed by atoms with Crippen molar-refractivity contribution in [2.24, 2.45) is 11.8 Å². The second-order valence-corrected chi connectivity index (χ2v) is 8.97. The number of carbonyl (C=O) groups excluding carboxylic acids is 2. The maximum Gasteiger partial charge on any atom is 0.332 e. The standard InChI is InChI=1S/C21H29N3O5S/c1-4-29-20(27)15-6-9-22(10-7-15)17(25)13-24-16-8-12-30-18(16)19(26)23(21(24)28)11-5-14(2)3/h8,12,14-15H,4-7,9-11,13H2,1-3H3. The minimum atomic E-state index is -0.443. The van der Waals surface area contributed by atoms with Gasteiger partial charge in [-0.15, -0.1) is 11.3 Å². The SMILES string of the molecule is CCOC(=O)C1CCN(C(=O)Cn2c(=O)n(CCC(C)C)c(=O)c3sccc32)CC1. The average molecular weight is 436 g/mol. The van der Waals surface area contributed by atoms with Crippen LogP contribution in [0.1, 0.15) is 40.0 Å². The number of nitrogens with zero attached hydrogens (tertiary/aromatic N) is 3. The summed E-state index contributed by atoms with van der Waals surface area (Å²) in [6.07, 6.45) is 1.82. The number of hydrogen-bond donors (Lipinski definition) is 0. The maximum atomic E-state index is 13.0. The first-order valence-corrected chi connectivity index (χ1v) is 11.4. The van der Waals surface area contributed by atoms with Gasteiger partial charge in [-0.1, -0.05) is 13.8 Å². The molecule has 164 valence electrons. The lowest BCUT2D eigenvalue weighted by molar-refractivity contribution is -0.151. The van der Waals surface area contributed by atoms with Gasteiger partial charge in [0.05, 0.1) is 18.0 Å². The normalized spacial score (nSPS) is 15.1. The highest BCUT2D eigenvalue weighted by Crippen LogP contribution is 2.20. The summed E-state index contributed by atoms with van der Waals surface area (Å²) in [5.74, 6) is -0.219. The molecule has 0 aliphatic carbocycles. The van der Waals surface area contributed by atoms with E-state index in [9.17, 15) is 19.2 Å². The molecule has 9 heteroatoms. The summed E-state index contributed by atoms with van der Waals surface area (Å²) < 4.78 is 8.22. The van der Waals surface area contributed by atoms with E-state index in [-0.39, 0.29) is 29.9 Å². The van der Waals surface area contributed by atoms with Crippen LogP contribution in [0.3, 0.4) is 0 Å². The number of aromatic nitrogens is 2. The lowest BCUT2D eigenvalue weighted by Crippen LogP contribution is -2.45. The van der Waals surface area contributed by atoms with Crippen molar-refractivity contribution in [3.05, 3.63) is 32.3 Å². The molecule has 30 heavy (non-hydrogen) atoms. The number of likely N-dealkylation sites (tertiary alicyclic amines) is 1. The quantitative estimate of drug-likeness (QED) is 0.621. The molecule has 1 aliphatic heterocycles. The van der Waals surface area contributed by atoms with Gasteiger partial charge in [-0.2, -0.15) is 0 Å². The zero-order chi connectivity index (χ0) is 21.8. The fourth-order valence-electron chi connectivity index (χ4n) is 3.73. The Morgan fingerprint density at radius 1 is 1.20 bits per heavy atom. The summed E-state index contributed by atoms with van der Waals surface area (Å²) in [5, 5.41) is 1.77. The summed E-state index contributed by atoms with van der Waals surface area (Å²) >= 11 is 1.29. The first kappa shape index (κ1) is 22.3. The molecule has 0 spiro atoms. The molecule has 0 N–H and O–H groups in total. The Labute approximate surface area is 179 Å². The monoisotopic (exact) mass is 435 g/mol. The van der Waals surface area contributed by atoms with Gasteiger partial charge in [0, 0.05) is 19.6 Å². The fourth-order valence-corrected chi connectivity index (χ4v) is 4.57. The van der Waals surface area contributed by atoms with Crippen molar-refractivity contribution in [3.63, 3.8) is 0 Å². The number of thiophene rings is 1. The van der Waals surface area contributed by atoms with Crippen LogP contribution in [0.15, 0.2) is 21.0 Å². The molecule has 1 aliphatic rings. The van der Waals surface area contributed by atoms with Crippen molar-refractivity contribution in [2.45, 2.75) is 53.1 Å². The summed E-state index contributed by atoms with van der Waals surface area (Å²) in [5.41, 5.74) is -0.225. The van der Waals surface area contributed by atoms with Gasteiger partial charge in [0.1, 0.15) is 11.2 Å². The fraction of sp³-hybridized carbons (Fsp3) is 0.619. The molecule has 0 saturated carbocycles. The second kappa shape index (κ2) is 9.59. The number of rotatable bonds is 7. The Morgan fingerprint density at radius 3 is 2.53 bits per heavy atom. The van der Waals surface area contributed by atoms with E-state index in [4.69, 9.17) is 4.74 Å². The van der Waals surface area contributed by atoms with Crippen LogP contribution in [-0.2, 0) is 27.4 Å². The molecule has 1 fully saturated rings. The molecule has 0 aromatic carbocycles. The van der Waals surface area contributed by atoms with Crippen molar-refractivity contribution < 1.29 is 14.3 Å². The van der Waals surface area contributed by atoms with Crippen molar-refractivity contribution in [2.75, 3.05) is 19.7 Å². The molecule has 0 atom stereocenters. The Balaban J connectivity index is 1.79. The number of fused-ring (bicyclic) bond motifs is 1. The predicted molar refractivity (Wildman–Crippen MR) is 116 cm³/mol. The number of ether oxygens (including phenoxy) is 1. The summed E-state index contributed by atoms with van der Waals surface area (Å²) in [4.78, 5) is 52.3. The first-order chi connectivity index (χ1) is 14.3. The van der Waals surface area contributed by atoms with E-state index in [1.54, 1.807) is 23.3 Å². The number of esters is 1. The highest BCUT2D eigenvalue weighted by molar-refractivity contribution is 7.17. The van der Waals surface area contributed by atoms with Crippen LogP contribution in [0, 0.1) is 11.8 Å². The van der Waals surface area contributed by atoms with Crippen molar-refractivity contribution in [1.82, 2.24) is 14.0 Å². The van der Waals surface area contributed by atoms with Crippen LogP contribution < -0.4 is 11.2 Å². The van der Waals surface area contributed by atoms with Crippen molar-refractivity contribution >= 4 is 33.4 Å². The Hall–Kier alpha value is -2.42.